The van der Waals surface area contributed by atoms with Gasteiger partial charge in [-0.1, -0.05) is 13.0 Å². The summed E-state index contributed by atoms with van der Waals surface area (Å²) in [4.78, 5) is 27.7. The van der Waals surface area contributed by atoms with Crippen molar-refractivity contribution in [3.63, 3.8) is 0 Å². The molecule has 0 spiro atoms. The number of carbonyl (C=O) groups is 1. The SMILES string of the molecule is CCC(=O)Oc1ccc2c(C(F)(F)F)c(CSc3ccccn3)c(=O)oc2c1. The minimum absolute atomic E-state index is 0.00577. The second-order valence-electron chi connectivity index (χ2n) is 5.68. The normalized spacial score (nSPS) is 11.6. The summed E-state index contributed by atoms with van der Waals surface area (Å²) in [7, 11) is 0. The molecule has 5 nitrogen and oxygen atoms in total. The first-order chi connectivity index (χ1) is 13.3. The van der Waals surface area contributed by atoms with Crippen LogP contribution in [0.1, 0.15) is 24.5 Å². The average molecular weight is 409 g/mol. The van der Waals surface area contributed by atoms with Crippen LogP contribution >= 0.6 is 11.8 Å². The Morgan fingerprint density at radius 3 is 2.68 bits per heavy atom. The average Bonchev–Trinajstić information content (AvgIpc) is 2.65. The lowest BCUT2D eigenvalue weighted by Gasteiger charge is -2.14. The number of fused-ring (bicyclic) bond motifs is 1. The molecule has 3 rings (SSSR count). The summed E-state index contributed by atoms with van der Waals surface area (Å²) in [6.07, 6.45) is -3.16. The topological polar surface area (TPSA) is 69.4 Å². The highest BCUT2D eigenvalue weighted by atomic mass is 32.2. The van der Waals surface area contributed by atoms with Crippen molar-refractivity contribution < 1.29 is 27.1 Å². The molecule has 0 aliphatic rings. The summed E-state index contributed by atoms with van der Waals surface area (Å²) in [5.41, 5.74) is -2.95. The number of aromatic nitrogens is 1. The lowest BCUT2D eigenvalue weighted by molar-refractivity contribution is -0.137. The molecule has 2 heterocycles. The maximum absolute atomic E-state index is 13.8. The molecule has 0 aliphatic carbocycles. The van der Waals surface area contributed by atoms with E-state index in [2.05, 4.69) is 4.98 Å². The number of carbonyl (C=O) groups excluding carboxylic acids is 1. The molecule has 0 unspecified atom stereocenters. The summed E-state index contributed by atoms with van der Waals surface area (Å²) in [6.45, 7) is 1.58. The molecule has 1 aromatic carbocycles. The Morgan fingerprint density at radius 1 is 1.25 bits per heavy atom. The van der Waals surface area contributed by atoms with Gasteiger partial charge in [0.15, 0.2) is 0 Å². The van der Waals surface area contributed by atoms with E-state index in [4.69, 9.17) is 9.15 Å². The summed E-state index contributed by atoms with van der Waals surface area (Å²) in [5, 5.41) is 0.206. The van der Waals surface area contributed by atoms with Crippen LogP contribution in [0.2, 0.25) is 0 Å². The number of thioether (sulfide) groups is 1. The molecule has 3 aromatic rings. The third kappa shape index (κ3) is 4.36. The van der Waals surface area contributed by atoms with Crippen molar-refractivity contribution in [2.24, 2.45) is 0 Å². The van der Waals surface area contributed by atoms with Crippen LogP contribution in [0.4, 0.5) is 13.2 Å². The van der Waals surface area contributed by atoms with Crippen molar-refractivity contribution in [3.8, 4) is 5.75 Å². The number of ether oxygens (including phenoxy) is 1. The number of hydrogen-bond acceptors (Lipinski definition) is 6. The molecule has 146 valence electrons. The zero-order valence-corrected chi connectivity index (χ0v) is 15.4. The van der Waals surface area contributed by atoms with Crippen LogP contribution in [0.3, 0.4) is 0 Å². The largest absolute Gasteiger partial charge is 0.426 e. The monoisotopic (exact) mass is 409 g/mol. The number of rotatable bonds is 5. The highest BCUT2D eigenvalue weighted by molar-refractivity contribution is 7.98. The fourth-order valence-electron chi connectivity index (χ4n) is 2.52. The van der Waals surface area contributed by atoms with Crippen molar-refractivity contribution in [1.29, 1.82) is 0 Å². The number of alkyl halides is 3. The molecule has 0 bridgehead atoms. The zero-order valence-electron chi connectivity index (χ0n) is 14.6. The smallest absolute Gasteiger partial charge is 0.417 e. The highest BCUT2D eigenvalue weighted by Gasteiger charge is 2.37. The Kier molecular flexibility index (Phi) is 5.73. The summed E-state index contributed by atoms with van der Waals surface area (Å²) in [6, 6.07) is 8.49. The van der Waals surface area contributed by atoms with E-state index < -0.39 is 28.9 Å². The quantitative estimate of drug-likeness (QED) is 0.261. The summed E-state index contributed by atoms with van der Waals surface area (Å²) >= 11 is 1.00. The van der Waals surface area contributed by atoms with Crippen molar-refractivity contribution in [2.45, 2.75) is 30.3 Å². The molecule has 0 N–H and O–H groups in total. The minimum Gasteiger partial charge on any atom is -0.426 e. The number of nitrogens with zero attached hydrogens (tertiary/aromatic N) is 1. The van der Waals surface area contributed by atoms with E-state index in [-0.39, 0.29) is 28.9 Å². The van der Waals surface area contributed by atoms with Crippen molar-refractivity contribution in [3.05, 3.63) is 64.1 Å². The van der Waals surface area contributed by atoms with E-state index in [1.807, 2.05) is 0 Å². The van der Waals surface area contributed by atoms with Crippen molar-refractivity contribution in [1.82, 2.24) is 4.98 Å². The molecule has 0 saturated carbocycles. The minimum atomic E-state index is -4.77. The Hall–Kier alpha value is -2.81. The predicted octanol–water partition coefficient (Wildman–Crippen LogP) is 4.81. The third-order valence-corrected chi connectivity index (χ3v) is 4.75. The molecule has 0 amide bonds. The number of hydrogen-bond donors (Lipinski definition) is 0. The van der Waals surface area contributed by atoms with Crippen LogP contribution in [-0.2, 0) is 16.7 Å². The first-order valence-corrected chi connectivity index (χ1v) is 9.19. The van der Waals surface area contributed by atoms with Gasteiger partial charge in [-0.3, -0.25) is 4.79 Å². The molecule has 0 aliphatic heterocycles. The molecule has 0 radical (unpaired) electrons. The van der Waals surface area contributed by atoms with Gasteiger partial charge in [0, 0.05) is 29.8 Å². The number of pyridine rings is 1. The first-order valence-electron chi connectivity index (χ1n) is 8.21. The van der Waals surface area contributed by atoms with E-state index in [0.29, 0.717) is 5.03 Å². The van der Waals surface area contributed by atoms with Gasteiger partial charge in [-0.05, 0) is 24.3 Å². The molecular weight excluding hydrogens is 395 g/mol. The lowest BCUT2D eigenvalue weighted by Crippen LogP contribution is -2.18. The summed E-state index contributed by atoms with van der Waals surface area (Å²) in [5.74, 6) is -0.802. The molecular formula is C19H14F3NO4S. The molecule has 2 aromatic heterocycles. The second-order valence-corrected chi connectivity index (χ2v) is 6.68. The van der Waals surface area contributed by atoms with E-state index >= 15 is 0 Å². The first kappa shape index (κ1) is 19.9. The van der Waals surface area contributed by atoms with Gasteiger partial charge in [0.05, 0.1) is 16.2 Å². The van der Waals surface area contributed by atoms with E-state index in [1.165, 1.54) is 12.3 Å². The van der Waals surface area contributed by atoms with Crippen LogP contribution in [0.25, 0.3) is 11.0 Å². The lowest BCUT2D eigenvalue weighted by atomic mass is 10.0. The number of esters is 1. The number of halogens is 3. The van der Waals surface area contributed by atoms with E-state index in [1.54, 1.807) is 25.1 Å². The number of benzene rings is 1. The Balaban J connectivity index is 2.08. The maximum Gasteiger partial charge on any atom is 0.417 e. The molecule has 9 heteroatoms. The van der Waals surface area contributed by atoms with Gasteiger partial charge >= 0.3 is 17.8 Å². The summed E-state index contributed by atoms with van der Waals surface area (Å²) < 4.78 is 51.3. The highest BCUT2D eigenvalue weighted by Crippen LogP contribution is 2.38. The second kappa shape index (κ2) is 8.05. The van der Waals surface area contributed by atoms with Gasteiger partial charge < -0.3 is 9.15 Å². The molecule has 28 heavy (non-hydrogen) atoms. The molecule has 0 atom stereocenters. The van der Waals surface area contributed by atoms with E-state index in [0.717, 1.165) is 23.9 Å². The van der Waals surface area contributed by atoms with Gasteiger partial charge in [0.25, 0.3) is 0 Å². The Bertz CT molecular complexity index is 1060. The van der Waals surface area contributed by atoms with Crippen LogP contribution in [-0.4, -0.2) is 11.0 Å². The Morgan fingerprint density at radius 2 is 2.04 bits per heavy atom. The van der Waals surface area contributed by atoms with Gasteiger partial charge in [-0.25, -0.2) is 9.78 Å². The standard InChI is InChI=1S/C19H14F3NO4S/c1-2-16(24)26-11-6-7-12-14(9-11)27-18(25)13(17(12)19(20,21)22)10-28-15-5-3-4-8-23-15/h3-9H,2,10H2,1H3. The predicted molar refractivity (Wildman–Crippen MR) is 97.2 cm³/mol. The van der Waals surface area contributed by atoms with Crippen LogP contribution in [0.5, 0.6) is 5.75 Å². The molecule has 0 saturated heterocycles. The molecule has 0 fully saturated rings. The van der Waals surface area contributed by atoms with Crippen LogP contribution in [0, 0.1) is 0 Å². The van der Waals surface area contributed by atoms with E-state index in [9.17, 15) is 22.8 Å². The zero-order chi connectivity index (χ0) is 20.3. The van der Waals surface area contributed by atoms with Gasteiger partial charge in [0.1, 0.15) is 11.3 Å². The fourth-order valence-corrected chi connectivity index (χ4v) is 3.38. The van der Waals surface area contributed by atoms with Crippen molar-refractivity contribution in [2.75, 3.05) is 0 Å². The van der Waals surface area contributed by atoms with Gasteiger partial charge in [-0.2, -0.15) is 13.2 Å². The van der Waals surface area contributed by atoms with Crippen LogP contribution in [0.15, 0.2) is 56.8 Å². The van der Waals surface area contributed by atoms with Crippen LogP contribution < -0.4 is 10.4 Å². The third-order valence-electron chi connectivity index (χ3n) is 3.78. The maximum atomic E-state index is 13.8. The van der Waals surface area contributed by atoms with Crippen molar-refractivity contribution >= 4 is 28.7 Å². The Labute approximate surface area is 161 Å². The van der Waals surface area contributed by atoms with Gasteiger partial charge in [-0.15, -0.1) is 11.8 Å². The van der Waals surface area contributed by atoms with Gasteiger partial charge in [0.2, 0.25) is 0 Å². The fraction of sp³-hybridized carbons (Fsp3) is 0.211.